The summed E-state index contributed by atoms with van der Waals surface area (Å²) in [4.78, 5) is 14.1. The quantitative estimate of drug-likeness (QED) is 0.607. The Hall–Kier alpha value is -1.43. The Bertz CT molecular complexity index is 257. The number of carbonyl (C=O) groups is 1. The lowest BCUT2D eigenvalue weighted by molar-refractivity contribution is 0.0983. The zero-order valence-electron chi connectivity index (χ0n) is 6.02. The number of nitrogens with two attached hydrogens (primary N) is 1. The Morgan fingerprint density at radius 1 is 1.91 bits per heavy atom. The van der Waals surface area contributed by atoms with E-state index in [1.165, 1.54) is 18.1 Å². The van der Waals surface area contributed by atoms with E-state index in [0.717, 1.165) is 0 Å². The molecular formula is C5H8N4O2. The number of carbonyl (C=O) groups excluding carboxylic acids is 1. The van der Waals surface area contributed by atoms with Crippen molar-refractivity contribution in [3.63, 3.8) is 0 Å². The zero-order valence-corrected chi connectivity index (χ0v) is 6.02. The number of amides is 1. The van der Waals surface area contributed by atoms with Gasteiger partial charge in [0.25, 0.3) is 5.91 Å². The predicted molar refractivity (Wildman–Crippen MR) is 35.5 cm³/mol. The van der Waals surface area contributed by atoms with Crippen LogP contribution in [-0.4, -0.2) is 27.8 Å². The van der Waals surface area contributed by atoms with Crippen molar-refractivity contribution in [1.82, 2.24) is 14.8 Å². The highest BCUT2D eigenvalue weighted by Gasteiger charge is 2.04. The summed E-state index contributed by atoms with van der Waals surface area (Å²) in [7, 11) is 1.52. The summed E-state index contributed by atoms with van der Waals surface area (Å²) >= 11 is 0. The van der Waals surface area contributed by atoms with Gasteiger partial charge in [-0.2, -0.15) is 0 Å². The molecule has 2 N–H and O–H groups in total. The Balaban J connectivity index is 2.73. The van der Waals surface area contributed by atoms with E-state index in [-0.39, 0.29) is 12.6 Å². The lowest BCUT2D eigenvalue weighted by Gasteiger charge is -1.94. The van der Waals surface area contributed by atoms with Crippen LogP contribution in [0.2, 0.25) is 0 Å². The molecule has 6 nitrogen and oxygen atoms in total. The van der Waals surface area contributed by atoms with E-state index in [4.69, 9.17) is 10.5 Å². The van der Waals surface area contributed by atoms with Gasteiger partial charge in [-0.15, -0.1) is 5.10 Å². The molecule has 0 unspecified atom stereocenters. The van der Waals surface area contributed by atoms with Crippen LogP contribution >= 0.6 is 0 Å². The maximum Gasteiger partial charge on any atom is 0.288 e. The summed E-state index contributed by atoms with van der Waals surface area (Å²) in [5.41, 5.74) is 4.91. The predicted octanol–water partition coefficient (Wildman–Crippen LogP) is -1.02. The molecule has 0 fully saturated rings. The third kappa shape index (κ3) is 1.74. The third-order valence-corrected chi connectivity index (χ3v) is 1.02. The van der Waals surface area contributed by atoms with E-state index < -0.39 is 5.91 Å². The van der Waals surface area contributed by atoms with E-state index in [2.05, 4.69) is 10.1 Å². The Kier molecular flexibility index (Phi) is 2.17. The van der Waals surface area contributed by atoms with Crippen molar-refractivity contribution >= 4 is 5.91 Å². The van der Waals surface area contributed by atoms with Gasteiger partial charge < -0.3 is 10.5 Å². The van der Waals surface area contributed by atoms with Crippen LogP contribution in [0.4, 0.5) is 0 Å². The third-order valence-electron chi connectivity index (χ3n) is 1.02. The zero-order chi connectivity index (χ0) is 8.27. The van der Waals surface area contributed by atoms with Gasteiger partial charge >= 0.3 is 0 Å². The van der Waals surface area contributed by atoms with Crippen LogP contribution < -0.4 is 5.73 Å². The SMILES string of the molecule is COCn1cnc(C(N)=O)n1. The molecule has 0 atom stereocenters. The van der Waals surface area contributed by atoms with Crippen LogP contribution in [-0.2, 0) is 11.5 Å². The molecule has 6 heteroatoms. The second-order valence-corrected chi connectivity index (χ2v) is 1.89. The van der Waals surface area contributed by atoms with Crippen molar-refractivity contribution in [1.29, 1.82) is 0 Å². The topological polar surface area (TPSA) is 83.0 Å². The molecule has 0 saturated heterocycles. The number of nitrogens with zero attached hydrogens (tertiary/aromatic N) is 3. The van der Waals surface area contributed by atoms with Crippen LogP contribution in [0.1, 0.15) is 10.6 Å². The molecule has 1 aromatic rings. The Labute approximate surface area is 63.0 Å². The first-order chi connectivity index (χ1) is 5.24. The molecule has 0 bridgehead atoms. The van der Waals surface area contributed by atoms with Gasteiger partial charge in [0.1, 0.15) is 13.1 Å². The molecular weight excluding hydrogens is 148 g/mol. The highest BCUT2D eigenvalue weighted by Crippen LogP contribution is 1.87. The minimum absolute atomic E-state index is 0.00190. The summed E-state index contributed by atoms with van der Waals surface area (Å²) in [6, 6.07) is 0. The summed E-state index contributed by atoms with van der Waals surface area (Å²) in [5, 5.41) is 3.71. The lowest BCUT2D eigenvalue weighted by atomic mass is 10.6. The van der Waals surface area contributed by atoms with Crippen LogP contribution in [0, 0.1) is 0 Å². The van der Waals surface area contributed by atoms with Gasteiger partial charge in [-0.25, -0.2) is 9.67 Å². The first-order valence-corrected chi connectivity index (χ1v) is 2.92. The monoisotopic (exact) mass is 156 g/mol. The Morgan fingerprint density at radius 2 is 2.64 bits per heavy atom. The highest BCUT2D eigenvalue weighted by atomic mass is 16.5. The minimum Gasteiger partial charge on any atom is -0.363 e. The molecule has 1 heterocycles. The lowest BCUT2D eigenvalue weighted by Crippen LogP contribution is -2.13. The fourth-order valence-corrected chi connectivity index (χ4v) is 0.602. The van der Waals surface area contributed by atoms with Crippen molar-refractivity contribution in [2.24, 2.45) is 5.73 Å². The van der Waals surface area contributed by atoms with Crippen molar-refractivity contribution in [3.05, 3.63) is 12.2 Å². The highest BCUT2D eigenvalue weighted by molar-refractivity contribution is 5.88. The average molecular weight is 156 g/mol. The van der Waals surface area contributed by atoms with Crippen molar-refractivity contribution in [2.75, 3.05) is 7.11 Å². The van der Waals surface area contributed by atoms with Gasteiger partial charge in [-0.1, -0.05) is 0 Å². The fourth-order valence-electron chi connectivity index (χ4n) is 0.602. The molecule has 60 valence electrons. The van der Waals surface area contributed by atoms with Crippen LogP contribution in [0.15, 0.2) is 6.33 Å². The number of methoxy groups -OCH3 is 1. The summed E-state index contributed by atoms with van der Waals surface area (Å²) in [6.07, 6.45) is 1.38. The molecule has 0 saturated carbocycles. The van der Waals surface area contributed by atoms with E-state index in [9.17, 15) is 4.79 Å². The van der Waals surface area contributed by atoms with Crippen LogP contribution in [0.3, 0.4) is 0 Å². The Morgan fingerprint density at radius 3 is 3.09 bits per heavy atom. The molecule has 0 aliphatic carbocycles. The minimum atomic E-state index is -0.639. The first kappa shape index (κ1) is 7.67. The molecule has 1 aromatic heterocycles. The standard InChI is InChI=1S/C5H8N4O2/c1-11-3-9-2-7-5(8-9)4(6)10/h2H,3H2,1H3,(H2,6,10). The number of ether oxygens (including phenoxy) is 1. The van der Waals surface area contributed by atoms with Crippen molar-refractivity contribution in [3.8, 4) is 0 Å². The fraction of sp³-hybridized carbons (Fsp3) is 0.400. The van der Waals surface area contributed by atoms with E-state index in [1.807, 2.05) is 0 Å². The smallest absolute Gasteiger partial charge is 0.288 e. The molecule has 0 spiro atoms. The van der Waals surface area contributed by atoms with Crippen molar-refractivity contribution < 1.29 is 9.53 Å². The van der Waals surface area contributed by atoms with Gasteiger partial charge in [-0.05, 0) is 0 Å². The molecule has 0 aromatic carbocycles. The molecule has 0 radical (unpaired) electrons. The second-order valence-electron chi connectivity index (χ2n) is 1.89. The largest absolute Gasteiger partial charge is 0.363 e. The maximum absolute atomic E-state index is 10.5. The van der Waals surface area contributed by atoms with Gasteiger partial charge in [0.05, 0.1) is 0 Å². The first-order valence-electron chi connectivity index (χ1n) is 2.92. The summed E-state index contributed by atoms with van der Waals surface area (Å²) in [6.45, 7) is 0.264. The van der Waals surface area contributed by atoms with Gasteiger partial charge in [-0.3, -0.25) is 4.79 Å². The van der Waals surface area contributed by atoms with E-state index in [1.54, 1.807) is 0 Å². The van der Waals surface area contributed by atoms with Gasteiger partial charge in [0, 0.05) is 7.11 Å². The van der Waals surface area contributed by atoms with Crippen LogP contribution in [0.5, 0.6) is 0 Å². The van der Waals surface area contributed by atoms with Crippen LogP contribution in [0.25, 0.3) is 0 Å². The summed E-state index contributed by atoms with van der Waals surface area (Å²) < 4.78 is 6.10. The van der Waals surface area contributed by atoms with Gasteiger partial charge in [0.2, 0.25) is 5.82 Å². The molecule has 1 rings (SSSR count). The number of primary amides is 1. The maximum atomic E-state index is 10.5. The van der Waals surface area contributed by atoms with Gasteiger partial charge in [0.15, 0.2) is 0 Å². The second kappa shape index (κ2) is 3.11. The summed E-state index contributed by atoms with van der Waals surface area (Å²) in [5.74, 6) is -0.637. The van der Waals surface area contributed by atoms with E-state index in [0.29, 0.717) is 0 Å². The number of rotatable bonds is 3. The molecule has 0 aliphatic rings. The van der Waals surface area contributed by atoms with Crippen molar-refractivity contribution in [2.45, 2.75) is 6.73 Å². The normalized spacial score (nSPS) is 9.91. The number of aromatic nitrogens is 3. The van der Waals surface area contributed by atoms with E-state index >= 15 is 0 Å². The number of hydrogen-bond donors (Lipinski definition) is 1. The molecule has 1 amide bonds. The average Bonchev–Trinajstić information content (AvgIpc) is 2.37. The molecule has 11 heavy (non-hydrogen) atoms. The number of hydrogen-bond acceptors (Lipinski definition) is 4. The molecule has 0 aliphatic heterocycles.